The molecule has 2 N–H and O–H groups in total. The van der Waals surface area contributed by atoms with Gasteiger partial charge in [0.2, 0.25) is 0 Å². The molecule has 162 valence electrons. The summed E-state index contributed by atoms with van der Waals surface area (Å²) in [6.45, 7) is 0. The van der Waals surface area contributed by atoms with E-state index in [2.05, 4.69) is 10.6 Å². The molecule has 0 amide bonds. The maximum absolute atomic E-state index is 13.6. The van der Waals surface area contributed by atoms with E-state index in [-0.39, 0.29) is 11.7 Å². The Hall–Kier alpha value is -2.95. The highest BCUT2D eigenvalue weighted by atomic mass is 35.5. The number of halogens is 2. The van der Waals surface area contributed by atoms with Crippen molar-refractivity contribution in [3.8, 4) is 5.75 Å². The van der Waals surface area contributed by atoms with Crippen LogP contribution in [0.25, 0.3) is 0 Å². The Bertz CT molecular complexity index is 1200. The number of allylic oxidation sites excluding steroid dienone is 1. The molecule has 0 saturated heterocycles. The van der Waals surface area contributed by atoms with Crippen LogP contribution in [0.4, 0.5) is 11.4 Å². The van der Waals surface area contributed by atoms with Crippen LogP contribution >= 0.6 is 23.2 Å². The topological polar surface area (TPSA) is 50.4 Å². The van der Waals surface area contributed by atoms with Gasteiger partial charge in [0.05, 0.1) is 24.5 Å². The van der Waals surface area contributed by atoms with E-state index in [4.69, 9.17) is 27.9 Å². The molecule has 3 aromatic rings. The Balaban J connectivity index is 1.62. The summed E-state index contributed by atoms with van der Waals surface area (Å²) in [4.78, 5) is 13.6. The zero-order valence-electron chi connectivity index (χ0n) is 17.5. The number of ketones is 1. The fourth-order valence-corrected chi connectivity index (χ4v) is 5.22. The summed E-state index contributed by atoms with van der Waals surface area (Å²) in [5.74, 6) is 0.961. The van der Waals surface area contributed by atoms with Crippen LogP contribution in [0, 0.1) is 0 Å². The van der Waals surface area contributed by atoms with E-state index in [1.807, 2.05) is 66.7 Å². The number of para-hydroxylation sites is 2. The van der Waals surface area contributed by atoms with Gasteiger partial charge in [-0.05, 0) is 54.3 Å². The molecule has 0 saturated carbocycles. The zero-order chi connectivity index (χ0) is 22.2. The summed E-state index contributed by atoms with van der Waals surface area (Å²) in [5, 5.41) is 8.14. The summed E-state index contributed by atoms with van der Waals surface area (Å²) < 4.78 is 5.28. The van der Waals surface area contributed by atoms with Crippen molar-refractivity contribution >= 4 is 40.4 Å². The number of carbonyl (C=O) groups is 1. The lowest BCUT2D eigenvalue weighted by atomic mass is 9.78. The van der Waals surface area contributed by atoms with Crippen LogP contribution in [0.5, 0.6) is 5.75 Å². The Morgan fingerprint density at radius 1 is 0.875 bits per heavy atom. The van der Waals surface area contributed by atoms with Crippen LogP contribution in [-0.2, 0) is 4.79 Å². The van der Waals surface area contributed by atoms with Crippen molar-refractivity contribution in [3.05, 3.63) is 99.2 Å². The normalized spacial score (nSPS) is 19.9. The van der Waals surface area contributed by atoms with Crippen molar-refractivity contribution in [1.29, 1.82) is 0 Å². The van der Waals surface area contributed by atoms with Crippen LogP contribution in [0.3, 0.4) is 0 Å². The summed E-state index contributed by atoms with van der Waals surface area (Å²) in [6.07, 6.45) is 1.13. The lowest BCUT2D eigenvalue weighted by molar-refractivity contribution is -0.116. The largest absolute Gasteiger partial charge is 0.497 e. The van der Waals surface area contributed by atoms with Crippen LogP contribution in [-0.4, -0.2) is 12.9 Å². The van der Waals surface area contributed by atoms with Gasteiger partial charge < -0.3 is 15.4 Å². The third-order valence-corrected chi connectivity index (χ3v) is 6.84. The zero-order valence-corrected chi connectivity index (χ0v) is 19.0. The predicted octanol–water partition coefficient (Wildman–Crippen LogP) is 6.98. The standard InChI is InChI=1S/C26H22Cl2N2O2/c1-32-17-11-9-15(10-12-17)16-13-22-25(23(31)14-16)26(24-18(27)5-4-6-19(24)28)30-21-8-3-2-7-20(21)29-22/h2-12,16,26,29-30H,13-14H2,1H3/t16-,26-/m1/s1. The minimum Gasteiger partial charge on any atom is -0.497 e. The predicted molar refractivity (Wildman–Crippen MR) is 130 cm³/mol. The SMILES string of the molecule is COc1ccc([C@H]2CC(=O)C3=C(C2)Nc2ccccc2N[C@@H]3c2c(Cl)cccc2Cl)cc1. The number of Topliss-reactive ketones (excluding diaryl/α,β-unsaturated/α-hetero) is 1. The van der Waals surface area contributed by atoms with E-state index in [1.165, 1.54) is 0 Å². The number of rotatable bonds is 3. The fourth-order valence-electron chi connectivity index (χ4n) is 4.61. The second-order valence-corrected chi connectivity index (χ2v) is 8.89. The molecular weight excluding hydrogens is 443 g/mol. The monoisotopic (exact) mass is 464 g/mol. The van der Waals surface area contributed by atoms with Gasteiger partial charge in [-0.1, -0.05) is 53.5 Å². The molecule has 32 heavy (non-hydrogen) atoms. The smallest absolute Gasteiger partial charge is 0.163 e. The number of ether oxygens (including phenoxy) is 1. The Kier molecular flexibility index (Phi) is 5.58. The van der Waals surface area contributed by atoms with E-state index in [1.54, 1.807) is 7.11 Å². The van der Waals surface area contributed by atoms with Gasteiger partial charge in [-0.25, -0.2) is 0 Å². The van der Waals surface area contributed by atoms with Gasteiger partial charge in [0.15, 0.2) is 5.78 Å². The lowest BCUT2D eigenvalue weighted by Gasteiger charge is -2.30. The van der Waals surface area contributed by atoms with Crippen LogP contribution in [0.2, 0.25) is 10.0 Å². The molecule has 0 bridgehead atoms. The van der Waals surface area contributed by atoms with Crippen LogP contribution in [0.15, 0.2) is 78.0 Å². The number of benzene rings is 3. The molecule has 1 aliphatic carbocycles. The molecule has 4 nitrogen and oxygen atoms in total. The molecule has 2 aliphatic rings. The molecule has 0 spiro atoms. The van der Waals surface area contributed by atoms with E-state index in [9.17, 15) is 4.79 Å². The van der Waals surface area contributed by atoms with Gasteiger partial charge in [0, 0.05) is 33.3 Å². The number of hydrogen-bond acceptors (Lipinski definition) is 4. The minimum absolute atomic E-state index is 0.0762. The summed E-state index contributed by atoms with van der Waals surface area (Å²) in [6, 6.07) is 20.9. The van der Waals surface area contributed by atoms with Crippen molar-refractivity contribution < 1.29 is 9.53 Å². The first-order valence-electron chi connectivity index (χ1n) is 10.5. The number of carbonyl (C=O) groups excluding carboxylic acids is 1. The molecule has 2 atom stereocenters. The van der Waals surface area contributed by atoms with Crippen LogP contribution in [0.1, 0.15) is 35.9 Å². The Morgan fingerprint density at radius 3 is 2.25 bits per heavy atom. The van der Waals surface area contributed by atoms with Crippen molar-refractivity contribution in [2.75, 3.05) is 17.7 Å². The highest BCUT2D eigenvalue weighted by molar-refractivity contribution is 6.36. The van der Waals surface area contributed by atoms with Gasteiger partial charge in [0.1, 0.15) is 5.75 Å². The van der Waals surface area contributed by atoms with Gasteiger partial charge >= 0.3 is 0 Å². The van der Waals surface area contributed by atoms with E-state index >= 15 is 0 Å². The van der Waals surface area contributed by atoms with Crippen molar-refractivity contribution in [2.24, 2.45) is 0 Å². The molecule has 0 radical (unpaired) electrons. The highest BCUT2D eigenvalue weighted by Crippen LogP contribution is 2.46. The molecule has 3 aromatic carbocycles. The van der Waals surface area contributed by atoms with E-state index < -0.39 is 6.04 Å². The Labute approximate surface area is 197 Å². The molecule has 1 heterocycles. The van der Waals surface area contributed by atoms with E-state index in [0.717, 1.165) is 33.9 Å². The first-order valence-corrected chi connectivity index (χ1v) is 11.3. The average Bonchev–Trinajstić information content (AvgIpc) is 2.96. The van der Waals surface area contributed by atoms with Crippen LogP contribution < -0.4 is 15.4 Å². The van der Waals surface area contributed by atoms with Gasteiger partial charge in [-0.15, -0.1) is 0 Å². The summed E-state index contributed by atoms with van der Waals surface area (Å²) in [7, 11) is 1.65. The maximum atomic E-state index is 13.6. The molecule has 6 heteroatoms. The fraction of sp³-hybridized carbons (Fsp3) is 0.192. The third kappa shape index (κ3) is 3.74. The second kappa shape index (κ2) is 8.53. The molecule has 1 aliphatic heterocycles. The van der Waals surface area contributed by atoms with Crippen molar-refractivity contribution in [1.82, 2.24) is 0 Å². The molecule has 0 fully saturated rings. The molecule has 5 rings (SSSR count). The Morgan fingerprint density at radius 2 is 1.56 bits per heavy atom. The summed E-state index contributed by atoms with van der Waals surface area (Å²) >= 11 is 13.2. The lowest BCUT2D eigenvalue weighted by Crippen LogP contribution is -2.27. The van der Waals surface area contributed by atoms with Gasteiger partial charge in [-0.3, -0.25) is 4.79 Å². The van der Waals surface area contributed by atoms with Gasteiger partial charge in [0.25, 0.3) is 0 Å². The van der Waals surface area contributed by atoms with Crippen molar-refractivity contribution in [2.45, 2.75) is 24.8 Å². The second-order valence-electron chi connectivity index (χ2n) is 8.08. The summed E-state index contributed by atoms with van der Waals surface area (Å²) in [5.41, 5.74) is 5.26. The first-order chi connectivity index (χ1) is 15.5. The van der Waals surface area contributed by atoms with Gasteiger partial charge in [-0.2, -0.15) is 0 Å². The van der Waals surface area contributed by atoms with E-state index in [0.29, 0.717) is 28.5 Å². The maximum Gasteiger partial charge on any atom is 0.163 e. The molecular formula is C26H22Cl2N2O2. The number of anilines is 2. The van der Waals surface area contributed by atoms with Crippen molar-refractivity contribution in [3.63, 3.8) is 0 Å². The average molecular weight is 465 g/mol. The third-order valence-electron chi connectivity index (χ3n) is 6.18. The quantitative estimate of drug-likeness (QED) is 0.438. The minimum atomic E-state index is -0.438. The molecule has 0 aromatic heterocycles. The number of fused-ring (bicyclic) bond motifs is 1. The molecule has 0 unspecified atom stereocenters. The first kappa shape index (κ1) is 20.9. The highest BCUT2D eigenvalue weighted by Gasteiger charge is 2.37. The number of nitrogens with one attached hydrogen (secondary N) is 2. The number of hydrogen-bond donors (Lipinski definition) is 2. The number of methoxy groups -OCH3 is 1.